The van der Waals surface area contributed by atoms with Crippen LogP contribution in [0.5, 0.6) is 0 Å². The van der Waals surface area contributed by atoms with Gasteiger partial charge in [-0.05, 0) is 26.2 Å². The number of hydrogen-bond donors (Lipinski definition) is 2. The van der Waals surface area contributed by atoms with Gasteiger partial charge in [-0.15, -0.1) is 5.06 Å². The summed E-state index contributed by atoms with van der Waals surface area (Å²) in [6, 6.07) is -1.10. The van der Waals surface area contributed by atoms with Crippen molar-refractivity contribution in [3.05, 3.63) is 0 Å². The molecule has 0 aliphatic carbocycles. The summed E-state index contributed by atoms with van der Waals surface area (Å²) < 4.78 is 9.15. The molecular weight excluding hydrogens is 350 g/mol. The third kappa shape index (κ3) is 6.95. The Morgan fingerprint density at radius 1 is 1.12 bits per heavy atom. The van der Waals surface area contributed by atoms with Crippen molar-refractivity contribution in [1.29, 1.82) is 0 Å². The first-order valence-electron chi connectivity index (χ1n) is 8.21. The van der Waals surface area contributed by atoms with Gasteiger partial charge in [0, 0.05) is 19.4 Å². The summed E-state index contributed by atoms with van der Waals surface area (Å²) in [5.74, 6) is -2.16. The molecule has 0 radical (unpaired) electrons. The van der Waals surface area contributed by atoms with Crippen molar-refractivity contribution in [2.45, 2.75) is 45.1 Å². The zero-order valence-corrected chi connectivity index (χ0v) is 14.7. The number of carbonyl (C=O) groups is 5. The van der Waals surface area contributed by atoms with Crippen LogP contribution in [-0.2, 0) is 28.7 Å². The van der Waals surface area contributed by atoms with Crippen molar-refractivity contribution in [1.82, 2.24) is 15.7 Å². The van der Waals surface area contributed by atoms with Crippen molar-refractivity contribution < 1.29 is 38.3 Å². The molecule has 0 aromatic carbocycles. The van der Waals surface area contributed by atoms with Gasteiger partial charge in [0.15, 0.2) is 0 Å². The maximum Gasteiger partial charge on any atom is 0.407 e. The van der Waals surface area contributed by atoms with Crippen molar-refractivity contribution >= 4 is 30.0 Å². The van der Waals surface area contributed by atoms with E-state index in [0.29, 0.717) is 24.4 Å². The van der Waals surface area contributed by atoms with Crippen LogP contribution in [0.3, 0.4) is 0 Å². The van der Waals surface area contributed by atoms with Crippen LogP contribution >= 0.6 is 0 Å². The lowest BCUT2D eigenvalue weighted by molar-refractivity contribution is -0.199. The molecule has 2 N–H and O–H groups in total. The first-order valence-corrected chi connectivity index (χ1v) is 8.21. The maximum atomic E-state index is 12.2. The van der Waals surface area contributed by atoms with Gasteiger partial charge in [0.1, 0.15) is 6.04 Å². The maximum absolute atomic E-state index is 12.2. The molecule has 0 aromatic heterocycles. The number of imide groups is 1. The lowest BCUT2D eigenvalue weighted by atomic mass is 10.1. The minimum Gasteiger partial charge on any atom is -0.453 e. The van der Waals surface area contributed by atoms with Gasteiger partial charge in [-0.2, -0.15) is 0 Å². The average Bonchev–Trinajstić information content (AvgIpc) is 2.92. The van der Waals surface area contributed by atoms with E-state index in [1.165, 1.54) is 7.11 Å². The second kappa shape index (κ2) is 10.9. The quantitative estimate of drug-likeness (QED) is 0.432. The van der Waals surface area contributed by atoms with E-state index in [1.54, 1.807) is 6.92 Å². The highest BCUT2D eigenvalue weighted by molar-refractivity contribution is 6.01. The molecule has 1 rings (SSSR count). The average molecular weight is 373 g/mol. The van der Waals surface area contributed by atoms with E-state index < -0.39 is 36.0 Å². The Hall–Kier alpha value is -2.85. The Labute approximate surface area is 150 Å². The summed E-state index contributed by atoms with van der Waals surface area (Å²) in [7, 11) is 1.24. The lowest BCUT2D eigenvalue weighted by Crippen LogP contribution is -2.45. The van der Waals surface area contributed by atoms with Gasteiger partial charge < -0.3 is 24.9 Å². The molecule has 11 heteroatoms. The Balaban J connectivity index is 2.55. The number of amides is 4. The van der Waals surface area contributed by atoms with Gasteiger partial charge in [0.05, 0.1) is 13.7 Å². The van der Waals surface area contributed by atoms with Crippen LogP contribution in [0.15, 0.2) is 0 Å². The number of nitrogens with one attached hydrogen (secondary N) is 2. The monoisotopic (exact) mass is 373 g/mol. The molecule has 1 saturated heterocycles. The molecule has 146 valence electrons. The van der Waals surface area contributed by atoms with E-state index in [-0.39, 0.29) is 25.9 Å². The fourth-order valence-corrected chi connectivity index (χ4v) is 2.11. The number of hydrogen-bond acceptors (Lipinski definition) is 8. The predicted octanol–water partition coefficient (Wildman–Crippen LogP) is 0.235. The number of nitrogens with zero attached hydrogens (tertiary/aromatic N) is 1. The predicted molar refractivity (Wildman–Crippen MR) is 85.4 cm³/mol. The number of alkyl carbamates (subject to hydrolysis) is 2. The van der Waals surface area contributed by atoms with Gasteiger partial charge in [0.25, 0.3) is 11.8 Å². The van der Waals surface area contributed by atoms with Gasteiger partial charge >= 0.3 is 18.2 Å². The van der Waals surface area contributed by atoms with Crippen molar-refractivity contribution in [2.75, 3.05) is 20.3 Å². The van der Waals surface area contributed by atoms with Crippen LogP contribution in [0.4, 0.5) is 9.59 Å². The summed E-state index contributed by atoms with van der Waals surface area (Å²) in [4.78, 5) is 62.6. The van der Waals surface area contributed by atoms with Gasteiger partial charge in [0.2, 0.25) is 0 Å². The Morgan fingerprint density at radius 3 is 2.35 bits per heavy atom. The summed E-state index contributed by atoms with van der Waals surface area (Å²) in [5, 5.41) is 5.23. The standard InChI is InChI=1S/C15H23N3O8/c1-3-25-15(23)17-10(6-4-5-9-16-14(22)24-2)13(21)26-18-11(19)7-8-12(18)20/h10H,3-9H2,1-2H3,(H,16,22)(H,17,23). The third-order valence-electron chi connectivity index (χ3n) is 3.41. The number of ether oxygens (including phenoxy) is 2. The highest BCUT2D eigenvalue weighted by Crippen LogP contribution is 2.14. The molecule has 1 aliphatic rings. The van der Waals surface area contributed by atoms with Crippen LogP contribution in [-0.4, -0.2) is 61.3 Å². The normalized spacial score (nSPS) is 14.6. The van der Waals surface area contributed by atoms with E-state index >= 15 is 0 Å². The van der Waals surface area contributed by atoms with E-state index in [1.807, 2.05) is 0 Å². The number of unbranched alkanes of at least 4 members (excludes halogenated alkanes) is 1. The molecule has 0 saturated carbocycles. The zero-order valence-electron chi connectivity index (χ0n) is 14.7. The molecule has 26 heavy (non-hydrogen) atoms. The fourth-order valence-electron chi connectivity index (χ4n) is 2.11. The number of rotatable bonds is 9. The molecule has 11 nitrogen and oxygen atoms in total. The molecule has 0 bridgehead atoms. The summed E-state index contributed by atoms with van der Waals surface area (Å²) in [6.45, 7) is 2.03. The highest BCUT2D eigenvalue weighted by atomic mass is 16.7. The van der Waals surface area contributed by atoms with E-state index in [9.17, 15) is 24.0 Å². The third-order valence-corrected chi connectivity index (χ3v) is 3.41. The Bertz CT molecular complexity index is 535. The van der Waals surface area contributed by atoms with Gasteiger partial charge in [-0.3, -0.25) is 9.59 Å². The highest BCUT2D eigenvalue weighted by Gasteiger charge is 2.35. The summed E-state index contributed by atoms with van der Waals surface area (Å²) in [6.07, 6.45) is -0.333. The molecular formula is C15H23N3O8. The molecule has 1 fully saturated rings. The van der Waals surface area contributed by atoms with Crippen LogP contribution in [0, 0.1) is 0 Å². The van der Waals surface area contributed by atoms with Crippen LogP contribution in [0.25, 0.3) is 0 Å². The van der Waals surface area contributed by atoms with Crippen molar-refractivity contribution in [2.24, 2.45) is 0 Å². The first-order chi connectivity index (χ1) is 12.4. The van der Waals surface area contributed by atoms with E-state index in [0.717, 1.165) is 0 Å². The Morgan fingerprint density at radius 2 is 1.77 bits per heavy atom. The molecule has 1 unspecified atom stereocenters. The minimum atomic E-state index is -1.10. The minimum absolute atomic E-state index is 0.0265. The number of carbonyl (C=O) groups excluding carboxylic acids is 5. The van der Waals surface area contributed by atoms with Crippen LogP contribution in [0.2, 0.25) is 0 Å². The number of hydroxylamine groups is 2. The molecule has 0 aromatic rings. The van der Waals surface area contributed by atoms with E-state index in [2.05, 4.69) is 15.4 Å². The summed E-state index contributed by atoms with van der Waals surface area (Å²) >= 11 is 0. The first kappa shape index (κ1) is 21.2. The fraction of sp³-hybridized carbons (Fsp3) is 0.667. The van der Waals surface area contributed by atoms with Gasteiger partial charge in [-0.1, -0.05) is 0 Å². The van der Waals surface area contributed by atoms with Crippen molar-refractivity contribution in [3.8, 4) is 0 Å². The van der Waals surface area contributed by atoms with E-state index in [4.69, 9.17) is 9.57 Å². The largest absolute Gasteiger partial charge is 0.453 e. The number of methoxy groups -OCH3 is 1. The summed E-state index contributed by atoms with van der Waals surface area (Å²) in [5.41, 5.74) is 0. The van der Waals surface area contributed by atoms with Crippen molar-refractivity contribution in [3.63, 3.8) is 0 Å². The Kier molecular flexibility index (Phi) is 8.88. The molecule has 0 spiro atoms. The molecule has 1 atom stereocenters. The lowest BCUT2D eigenvalue weighted by Gasteiger charge is -2.19. The zero-order chi connectivity index (χ0) is 19.5. The SMILES string of the molecule is CCOC(=O)NC(CCCCNC(=O)OC)C(=O)ON1C(=O)CCC1=O. The van der Waals surface area contributed by atoms with Crippen LogP contribution < -0.4 is 10.6 Å². The smallest absolute Gasteiger partial charge is 0.407 e. The van der Waals surface area contributed by atoms with Crippen LogP contribution in [0.1, 0.15) is 39.0 Å². The second-order valence-electron chi connectivity index (χ2n) is 5.32. The van der Waals surface area contributed by atoms with Gasteiger partial charge in [-0.25, -0.2) is 14.4 Å². The molecule has 1 heterocycles. The molecule has 4 amide bonds. The molecule has 1 aliphatic heterocycles. The topological polar surface area (TPSA) is 140 Å². The second-order valence-corrected chi connectivity index (χ2v) is 5.32.